The molecule has 2 aromatic rings. The van der Waals surface area contributed by atoms with Crippen molar-refractivity contribution in [3.8, 4) is 11.4 Å². The standard InChI is InChI=1S/C17H17N3O4/c1-2-11-9-13(21)20-14(18-11)10-4-3-5-12(8-10)19-15(22)17(6-7-17)16(23)24/h3-5,8-9H,2,6-7H2,1H3,(H,19,22)(H,23,24)(H,18,20,21). The number of amides is 1. The molecule has 7 heteroatoms. The average molecular weight is 327 g/mol. The fourth-order valence-corrected chi connectivity index (χ4v) is 2.48. The Morgan fingerprint density at radius 3 is 2.71 bits per heavy atom. The quantitative estimate of drug-likeness (QED) is 0.725. The molecule has 1 aliphatic carbocycles. The molecular formula is C17H17N3O4. The van der Waals surface area contributed by atoms with Gasteiger partial charge in [0, 0.05) is 23.0 Å². The van der Waals surface area contributed by atoms with Gasteiger partial charge in [-0.25, -0.2) is 4.98 Å². The number of nitrogens with one attached hydrogen (secondary N) is 2. The zero-order valence-electron chi connectivity index (χ0n) is 13.1. The van der Waals surface area contributed by atoms with Crippen LogP contribution in [-0.4, -0.2) is 27.0 Å². The third kappa shape index (κ3) is 2.92. The van der Waals surface area contributed by atoms with Gasteiger partial charge >= 0.3 is 5.97 Å². The molecule has 1 aliphatic rings. The van der Waals surface area contributed by atoms with Crippen LogP contribution in [0.3, 0.4) is 0 Å². The summed E-state index contributed by atoms with van der Waals surface area (Å²) in [5.41, 5.74) is 0.236. The molecule has 1 heterocycles. The second kappa shape index (κ2) is 5.92. The normalized spacial score (nSPS) is 14.9. The number of H-pyrrole nitrogens is 1. The van der Waals surface area contributed by atoms with Gasteiger partial charge in [-0.2, -0.15) is 0 Å². The maximum atomic E-state index is 12.2. The first-order valence-electron chi connectivity index (χ1n) is 7.70. The second-order valence-electron chi connectivity index (χ2n) is 5.86. The highest BCUT2D eigenvalue weighted by molar-refractivity contribution is 6.10. The Balaban J connectivity index is 1.87. The largest absolute Gasteiger partial charge is 0.480 e. The lowest BCUT2D eigenvalue weighted by molar-refractivity contribution is -0.147. The van der Waals surface area contributed by atoms with Gasteiger partial charge in [-0.15, -0.1) is 0 Å². The van der Waals surface area contributed by atoms with Crippen molar-refractivity contribution in [3.05, 3.63) is 46.4 Å². The fourth-order valence-electron chi connectivity index (χ4n) is 2.48. The molecule has 0 radical (unpaired) electrons. The van der Waals surface area contributed by atoms with Gasteiger partial charge in [0.15, 0.2) is 0 Å². The molecule has 7 nitrogen and oxygen atoms in total. The molecule has 124 valence electrons. The third-order valence-corrected chi connectivity index (χ3v) is 4.14. The predicted molar refractivity (Wildman–Crippen MR) is 87.6 cm³/mol. The van der Waals surface area contributed by atoms with E-state index in [0.29, 0.717) is 42.0 Å². The van der Waals surface area contributed by atoms with Crippen LogP contribution in [0.1, 0.15) is 25.5 Å². The summed E-state index contributed by atoms with van der Waals surface area (Å²) in [6, 6.07) is 8.24. The highest BCUT2D eigenvalue weighted by Gasteiger charge is 2.57. The minimum atomic E-state index is -1.30. The molecule has 0 saturated heterocycles. The van der Waals surface area contributed by atoms with E-state index in [-0.39, 0.29) is 5.56 Å². The van der Waals surface area contributed by atoms with Crippen molar-refractivity contribution < 1.29 is 14.7 Å². The number of rotatable bonds is 5. The van der Waals surface area contributed by atoms with Gasteiger partial charge in [-0.05, 0) is 31.4 Å². The van der Waals surface area contributed by atoms with E-state index >= 15 is 0 Å². The smallest absolute Gasteiger partial charge is 0.319 e. The van der Waals surface area contributed by atoms with Crippen molar-refractivity contribution in [1.29, 1.82) is 0 Å². The summed E-state index contributed by atoms with van der Waals surface area (Å²) in [6.07, 6.45) is 1.33. The van der Waals surface area contributed by atoms with Crippen molar-refractivity contribution in [1.82, 2.24) is 9.97 Å². The number of aryl methyl sites for hydroxylation is 1. The minimum absolute atomic E-state index is 0.242. The van der Waals surface area contributed by atoms with E-state index in [9.17, 15) is 14.4 Å². The summed E-state index contributed by atoms with van der Waals surface area (Å²) in [4.78, 5) is 42.1. The molecule has 0 atom stereocenters. The molecule has 24 heavy (non-hydrogen) atoms. The van der Waals surface area contributed by atoms with Crippen LogP contribution < -0.4 is 10.9 Å². The lowest BCUT2D eigenvalue weighted by atomic mass is 10.1. The summed E-state index contributed by atoms with van der Waals surface area (Å²) in [7, 11) is 0. The zero-order chi connectivity index (χ0) is 17.3. The third-order valence-electron chi connectivity index (χ3n) is 4.14. The van der Waals surface area contributed by atoms with Crippen molar-refractivity contribution in [2.45, 2.75) is 26.2 Å². The number of hydrogen-bond acceptors (Lipinski definition) is 4. The number of carbonyl (C=O) groups is 2. The number of anilines is 1. The van der Waals surface area contributed by atoms with Crippen LogP contribution in [0.15, 0.2) is 35.1 Å². The van der Waals surface area contributed by atoms with Crippen molar-refractivity contribution in [2.24, 2.45) is 5.41 Å². The number of hydrogen-bond donors (Lipinski definition) is 3. The van der Waals surface area contributed by atoms with E-state index in [0.717, 1.165) is 0 Å². The van der Waals surface area contributed by atoms with E-state index in [1.54, 1.807) is 24.3 Å². The molecule has 1 aromatic carbocycles. The molecule has 1 amide bonds. The van der Waals surface area contributed by atoms with E-state index in [4.69, 9.17) is 5.11 Å². The van der Waals surface area contributed by atoms with Crippen LogP contribution >= 0.6 is 0 Å². The number of aromatic amines is 1. The van der Waals surface area contributed by atoms with E-state index in [2.05, 4.69) is 15.3 Å². The molecule has 0 unspecified atom stereocenters. The molecule has 1 saturated carbocycles. The van der Waals surface area contributed by atoms with E-state index < -0.39 is 17.3 Å². The molecule has 0 aliphatic heterocycles. The van der Waals surface area contributed by atoms with Crippen LogP contribution in [0, 0.1) is 5.41 Å². The molecule has 1 aromatic heterocycles. The van der Waals surface area contributed by atoms with Gasteiger partial charge in [0.2, 0.25) is 5.91 Å². The van der Waals surface area contributed by atoms with Crippen LogP contribution in [-0.2, 0) is 16.0 Å². The lowest BCUT2D eigenvalue weighted by Gasteiger charge is -2.11. The van der Waals surface area contributed by atoms with Gasteiger partial charge < -0.3 is 15.4 Å². The summed E-state index contributed by atoms with van der Waals surface area (Å²) < 4.78 is 0. The number of nitrogens with zero attached hydrogens (tertiary/aromatic N) is 1. The Bertz CT molecular complexity index is 868. The lowest BCUT2D eigenvalue weighted by Crippen LogP contribution is -2.31. The molecule has 3 N–H and O–H groups in total. The first-order chi connectivity index (χ1) is 11.4. The maximum Gasteiger partial charge on any atom is 0.319 e. The number of carboxylic acids is 1. The van der Waals surface area contributed by atoms with Gasteiger partial charge in [-0.3, -0.25) is 14.4 Å². The Kier molecular flexibility index (Phi) is 3.92. The summed E-state index contributed by atoms with van der Waals surface area (Å²) in [5, 5.41) is 11.8. The molecular weight excluding hydrogens is 310 g/mol. The Hall–Kier alpha value is -2.96. The molecule has 1 fully saturated rings. The summed E-state index contributed by atoms with van der Waals surface area (Å²) in [6.45, 7) is 1.91. The SMILES string of the molecule is CCc1cc(=O)[nH]c(-c2cccc(NC(=O)C3(C(=O)O)CC3)c2)n1. The molecule has 0 bridgehead atoms. The van der Waals surface area contributed by atoms with Crippen molar-refractivity contribution in [3.63, 3.8) is 0 Å². The van der Waals surface area contributed by atoms with Crippen LogP contribution in [0.2, 0.25) is 0 Å². The predicted octanol–water partition coefficient (Wildman–Crippen LogP) is 1.80. The van der Waals surface area contributed by atoms with Crippen LogP contribution in [0.5, 0.6) is 0 Å². The Morgan fingerprint density at radius 2 is 2.08 bits per heavy atom. The fraction of sp³-hybridized carbons (Fsp3) is 0.294. The molecule has 3 rings (SSSR count). The van der Waals surface area contributed by atoms with Crippen molar-refractivity contribution in [2.75, 3.05) is 5.32 Å². The number of benzene rings is 1. The topological polar surface area (TPSA) is 112 Å². The Morgan fingerprint density at radius 1 is 1.33 bits per heavy atom. The number of carboxylic acid groups (broad SMARTS) is 1. The maximum absolute atomic E-state index is 12.2. The van der Waals surface area contributed by atoms with Crippen LogP contribution in [0.25, 0.3) is 11.4 Å². The number of carbonyl (C=O) groups excluding carboxylic acids is 1. The van der Waals surface area contributed by atoms with Gasteiger partial charge in [0.05, 0.1) is 0 Å². The van der Waals surface area contributed by atoms with E-state index in [1.807, 2.05) is 6.92 Å². The van der Waals surface area contributed by atoms with Crippen molar-refractivity contribution >= 4 is 17.6 Å². The number of aliphatic carboxylic acids is 1. The monoisotopic (exact) mass is 327 g/mol. The highest BCUT2D eigenvalue weighted by atomic mass is 16.4. The van der Waals surface area contributed by atoms with Crippen LogP contribution in [0.4, 0.5) is 5.69 Å². The summed E-state index contributed by atoms with van der Waals surface area (Å²) >= 11 is 0. The highest BCUT2D eigenvalue weighted by Crippen LogP contribution is 2.46. The summed E-state index contributed by atoms with van der Waals surface area (Å²) in [5.74, 6) is -1.21. The molecule has 0 spiro atoms. The average Bonchev–Trinajstić information content (AvgIpc) is 3.36. The first-order valence-corrected chi connectivity index (χ1v) is 7.70. The minimum Gasteiger partial charge on any atom is -0.480 e. The second-order valence-corrected chi connectivity index (χ2v) is 5.86. The van der Waals surface area contributed by atoms with Gasteiger partial charge in [0.1, 0.15) is 11.2 Å². The zero-order valence-corrected chi connectivity index (χ0v) is 13.1. The van der Waals surface area contributed by atoms with E-state index in [1.165, 1.54) is 6.07 Å². The van der Waals surface area contributed by atoms with Gasteiger partial charge in [-0.1, -0.05) is 19.1 Å². The number of aromatic nitrogens is 2. The Labute approximate surface area is 137 Å². The first kappa shape index (κ1) is 15.9. The van der Waals surface area contributed by atoms with Gasteiger partial charge in [0.25, 0.3) is 5.56 Å².